The van der Waals surface area contributed by atoms with Crippen molar-refractivity contribution in [2.45, 2.75) is 51.2 Å². The highest BCUT2D eigenvalue weighted by Crippen LogP contribution is 2.26. The number of hydrogen-bond donors (Lipinski definition) is 2. The molecule has 1 unspecified atom stereocenters. The predicted molar refractivity (Wildman–Crippen MR) is 90.4 cm³/mol. The van der Waals surface area contributed by atoms with Gasteiger partial charge in [0.05, 0.1) is 10.4 Å². The Morgan fingerprint density at radius 3 is 2.65 bits per heavy atom. The fraction of sp³-hybridized carbons (Fsp3) is 0.529. The predicted octanol–water partition coefficient (Wildman–Crippen LogP) is 3.37. The molecule has 6 heteroatoms. The maximum Gasteiger partial charge on any atom is 0.308 e. The standard InChI is InChI=1S/C17H22BrNO4/c1-11(23-15-10-6-5-8-13(15)18)16(20)19-14-9-4-2-3-7-12(14)17(21)22/h5-6,8,10-12,14H,2-4,7,9H2,1H3,(H,19,20)(H,21,22)/t11?,12-,14+/m1/s1. The van der Waals surface area contributed by atoms with Gasteiger partial charge >= 0.3 is 5.97 Å². The van der Waals surface area contributed by atoms with Gasteiger partial charge in [-0.2, -0.15) is 0 Å². The highest BCUT2D eigenvalue weighted by molar-refractivity contribution is 9.10. The van der Waals surface area contributed by atoms with Gasteiger partial charge in [0.2, 0.25) is 0 Å². The molecule has 1 aromatic rings. The van der Waals surface area contributed by atoms with Gasteiger partial charge in [0, 0.05) is 6.04 Å². The number of ether oxygens (including phenoxy) is 1. The van der Waals surface area contributed by atoms with Gasteiger partial charge in [-0.15, -0.1) is 0 Å². The lowest BCUT2D eigenvalue weighted by Crippen LogP contribution is -2.47. The number of halogens is 1. The number of hydrogen-bond acceptors (Lipinski definition) is 3. The van der Waals surface area contributed by atoms with E-state index in [1.807, 2.05) is 18.2 Å². The number of aliphatic carboxylic acids is 1. The lowest BCUT2D eigenvalue weighted by Gasteiger charge is -2.25. The molecule has 5 nitrogen and oxygen atoms in total. The van der Waals surface area contributed by atoms with E-state index in [1.165, 1.54) is 0 Å². The van der Waals surface area contributed by atoms with Crippen molar-refractivity contribution < 1.29 is 19.4 Å². The van der Waals surface area contributed by atoms with Crippen molar-refractivity contribution in [2.24, 2.45) is 5.92 Å². The van der Waals surface area contributed by atoms with E-state index < -0.39 is 18.0 Å². The summed E-state index contributed by atoms with van der Waals surface area (Å²) in [4.78, 5) is 23.8. The van der Waals surface area contributed by atoms with Crippen LogP contribution >= 0.6 is 15.9 Å². The average molecular weight is 384 g/mol. The summed E-state index contributed by atoms with van der Waals surface area (Å²) in [6, 6.07) is 6.99. The molecule has 126 valence electrons. The van der Waals surface area contributed by atoms with Crippen molar-refractivity contribution in [1.82, 2.24) is 5.32 Å². The molecule has 0 spiro atoms. The Labute approximate surface area is 144 Å². The number of carbonyl (C=O) groups excluding carboxylic acids is 1. The smallest absolute Gasteiger partial charge is 0.308 e. The van der Waals surface area contributed by atoms with Crippen molar-refractivity contribution in [3.05, 3.63) is 28.7 Å². The number of benzene rings is 1. The summed E-state index contributed by atoms with van der Waals surface area (Å²) in [7, 11) is 0. The number of amides is 1. The van der Waals surface area contributed by atoms with Crippen molar-refractivity contribution in [2.75, 3.05) is 0 Å². The second kappa shape index (κ2) is 8.34. The average Bonchev–Trinajstić information content (AvgIpc) is 2.75. The Morgan fingerprint density at radius 1 is 1.26 bits per heavy atom. The van der Waals surface area contributed by atoms with E-state index in [2.05, 4.69) is 21.2 Å². The first-order chi connectivity index (χ1) is 11.0. The fourth-order valence-corrected chi connectivity index (χ4v) is 3.24. The van der Waals surface area contributed by atoms with Gasteiger partial charge in [0.15, 0.2) is 6.10 Å². The van der Waals surface area contributed by atoms with Crippen LogP contribution in [-0.4, -0.2) is 29.1 Å². The van der Waals surface area contributed by atoms with E-state index in [0.717, 1.165) is 23.7 Å². The third kappa shape index (κ3) is 4.96. The van der Waals surface area contributed by atoms with Gasteiger partial charge in [-0.25, -0.2) is 0 Å². The van der Waals surface area contributed by atoms with E-state index in [1.54, 1.807) is 13.0 Å². The molecule has 0 aliphatic heterocycles. The second-order valence-corrected chi connectivity index (χ2v) is 6.74. The number of rotatable bonds is 5. The molecular weight excluding hydrogens is 362 g/mol. The van der Waals surface area contributed by atoms with E-state index in [0.29, 0.717) is 18.6 Å². The quantitative estimate of drug-likeness (QED) is 0.764. The molecule has 1 fully saturated rings. The minimum Gasteiger partial charge on any atom is -0.481 e. The maximum absolute atomic E-state index is 12.4. The molecule has 2 rings (SSSR count). The normalized spacial score (nSPS) is 22.7. The lowest BCUT2D eigenvalue weighted by molar-refractivity contribution is -0.143. The molecule has 0 aromatic heterocycles. The molecule has 1 aliphatic rings. The van der Waals surface area contributed by atoms with Crippen LogP contribution in [0.3, 0.4) is 0 Å². The summed E-state index contributed by atoms with van der Waals surface area (Å²) in [5, 5.41) is 12.2. The lowest BCUT2D eigenvalue weighted by atomic mass is 9.94. The Balaban J connectivity index is 1.98. The van der Waals surface area contributed by atoms with Crippen LogP contribution in [0.2, 0.25) is 0 Å². The van der Waals surface area contributed by atoms with Crippen LogP contribution in [0.15, 0.2) is 28.7 Å². The number of nitrogens with one attached hydrogen (secondary N) is 1. The van der Waals surface area contributed by atoms with Gasteiger partial charge in [0.25, 0.3) is 5.91 Å². The van der Waals surface area contributed by atoms with Crippen molar-refractivity contribution in [3.63, 3.8) is 0 Å². The van der Waals surface area contributed by atoms with Crippen LogP contribution in [0.1, 0.15) is 39.0 Å². The molecule has 0 radical (unpaired) electrons. The molecule has 0 heterocycles. The van der Waals surface area contributed by atoms with Crippen LogP contribution in [0, 0.1) is 5.92 Å². The minimum absolute atomic E-state index is 0.279. The first-order valence-corrected chi connectivity index (χ1v) is 8.72. The minimum atomic E-state index is -0.837. The Kier molecular flexibility index (Phi) is 6.45. The Hall–Kier alpha value is -1.56. The largest absolute Gasteiger partial charge is 0.481 e. The Morgan fingerprint density at radius 2 is 1.96 bits per heavy atom. The molecule has 1 amide bonds. The molecular formula is C17H22BrNO4. The second-order valence-electron chi connectivity index (χ2n) is 5.89. The van der Waals surface area contributed by atoms with Crippen LogP contribution < -0.4 is 10.1 Å². The van der Waals surface area contributed by atoms with E-state index >= 15 is 0 Å². The number of para-hydroxylation sites is 1. The van der Waals surface area contributed by atoms with Gasteiger partial charge < -0.3 is 15.2 Å². The number of carbonyl (C=O) groups is 2. The summed E-state index contributed by atoms with van der Waals surface area (Å²) < 4.78 is 6.44. The van der Waals surface area contributed by atoms with Crippen molar-refractivity contribution in [1.29, 1.82) is 0 Å². The zero-order valence-electron chi connectivity index (χ0n) is 13.1. The van der Waals surface area contributed by atoms with Crippen LogP contribution in [0.4, 0.5) is 0 Å². The highest BCUT2D eigenvalue weighted by Gasteiger charge is 2.31. The highest BCUT2D eigenvalue weighted by atomic mass is 79.9. The molecule has 1 aromatic carbocycles. The zero-order chi connectivity index (χ0) is 16.8. The van der Waals surface area contributed by atoms with Gasteiger partial charge in [-0.05, 0) is 47.8 Å². The number of carboxylic acids is 1. The third-order valence-corrected chi connectivity index (χ3v) is 4.83. The number of carboxylic acid groups (broad SMARTS) is 1. The molecule has 1 saturated carbocycles. The first-order valence-electron chi connectivity index (χ1n) is 7.93. The fourth-order valence-electron chi connectivity index (χ4n) is 2.86. The summed E-state index contributed by atoms with van der Waals surface area (Å²) in [5.41, 5.74) is 0. The molecule has 0 bridgehead atoms. The van der Waals surface area contributed by atoms with Crippen LogP contribution in [-0.2, 0) is 9.59 Å². The zero-order valence-corrected chi connectivity index (χ0v) is 14.7. The maximum atomic E-state index is 12.4. The van der Waals surface area contributed by atoms with E-state index in [9.17, 15) is 14.7 Å². The summed E-state index contributed by atoms with van der Waals surface area (Å²) in [6.07, 6.45) is 3.47. The van der Waals surface area contributed by atoms with Gasteiger partial charge in [0.1, 0.15) is 5.75 Å². The Bertz CT molecular complexity index is 563. The first kappa shape index (κ1) is 17.8. The molecule has 1 aliphatic carbocycles. The van der Waals surface area contributed by atoms with Crippen molar-refractivity contribution in [3.8, 4) is 5.75 Å². The molecule has 2 N–H and O–H groups in total. The van der Waals surface area contributed by atoms with Gasteiger partial charge in [-0.1, -0.05) is 31.4 Å². The monoisotopic (exact) mass is 383 g/mol. The van der Waals surface area contributed by atoms with Crippen molar-refractivity contribution >= 4 is 27.8 Å². The topological polar surface area (TPSA) is 75.6 Å². The summed E-state index contributed by atoms with van der Waals surface area (Å²) >= 11 is 3.38. The SMILES string of the molecule is CC(Oc1ccccc1Br)C(=O)N[C@H]1CCCCC[C@H]1C(=O)O. The molecule has 3 atom stereocenters. The third-order valence-electron chi connectivity index (χ3n) is 4.17. The van der Waals surface area contributed by atoms with Crippen LogP contribution in [0.5, 0.6) is 5.75 Å². The summed E-state index contributed by atoms with van der Waals surface area (Å²) in [5.74, 6) is -1.04. The van der Waals surface area contributed by atoms with E-state index in [-0.39, 0.29) is 11.9 Å². The molecule has 23 heavy (non-hydrogen) atoms. The van der Waals surface area contributed by atoms with Crippen LogP contribution in [0.25, 0.3) is 0 Å². The summed E-state index contributed by atoms with van der Waals surface area (Å²) in [6.45, 7) is 1.67. The van der Waals surface area contributed by atoms with E-state index in [4.69, 9.17) is 4.74 Å². The molecule has 0 saturated heterocycles. The van der Waals surface area contributed by atoms with Gasteiger partial charge in [-0.3, -0.25) is 9.59 Å².